The van der Waals surface area contributed by atoms with Gasteiger partial charge in [-0.3, -0.25) is 0 Å². The fraction of sp³-hybridized carbons (Fsp3) is 0.333. The molecule has 0 atom stereocenters. The molecule has 0 saturated heterocycles. The van der Waals surface area contributed by atoms with Crippen molar-refractivity contribution in [2.24, 2.45) is 0 Å². The van der Waals surface area contributed by atoms with Gasteiger partial charge in [-0.25, -0.2) is 4.39 Å². The zero-order chi connectivity index (χ0) is 8.81. The normalized spacial score (nSPS) is 9.83. The minimum atomic E-state index is -0.311. The average Bonchev–Trinajstić information content (AvgIpc) is 2.09. The summed E-state index contributed by atoms with van der Waals surface area (Å²) < 4.78 is 18.0. The molecule has 0 aromatic heterocycles. The van der Waals surface area contributed by atoms with Crippen molar-refractivity contribution in [2.75, 3.05) is 20.2 Å². The Morgan fingerprint density at radius 3 is 2.83 bits per heavy atom. The molecule has 1 aromatic carbocycles. The quantitative estimate of drug-likeness (QED) is 0.688. The van der Waals surface area contributed by atoms with E-state index in [-0.39, 0.29) is 5.82 Å². The largest absolute Gasteiger partial charge is 0.489 e. The third-order valence-electron chi connectivity index (χ3n) is 1.45. The maximum absolute atomic E-state index is 12.9. The first-order chi connectivity index (χ1) is 5.84. The van der Waals surface area contributed by atoms with Crippen molar-refractivity contribution in [3.05, 3.63) is 30.1 Å². The molecule has 0 aliphatic carbocycles. The first-order valence-electron chi connectivity index (χ1n) is 3.86. The lowest BCUT2D eigenvalue weighted by atomic mass is 10.3. The molecule has 66 valence electrons. The van der Waals surface area contributed by atoms with E-state index >= 15 is 0 Å². The van der Waals surface area contributed by atoms with Crippen LogP contribution in [0.2, 0.25) is 0 Å². The molecule has 0 amide bonds. The van der Waals surface area contributed by atoms with Crippen molar-refractivity contribution in [2.45, 2.75) is 0 Å². The molecule has 0 heterocycles. The van der Waals surface area contributed by atoms with E-state index in [0.717, 1.165) is 0 Å². The first-order valence-corrected chi connectivity index (χ1v) is 3.86. The second kappa shape index (κ2) is 4.72. The predicted molar refractivity (Wildman–Crippen MR) is 45.8 cm³/mol. The number of likely N-dealkylation sites (N-methyl/N-ethyl adjacent to an activating group) is 1. The molecule has 3 heteroatoms. The fourth-order valence-corrected chi connectivity index (χ4v) is 0.825. The van der Waals surface area contributed by atoms with Gasteiger partial charge in [-0.1, -0.05) is 12.1 Å². The highest BCUT2D eigenvalue weighted by Gasteiger charge is 1.99. The van der Waals surface area contributed by atoms with Crippen LogP contribution in [0.1, 0.15) is 0 Å². The van der Waals surface area contributed by atoms with E-state index in [2.05, 4.69) is 5.32 Å². The van der Waals surface area contributed by atoms with Crippen LogP contribution in [-0.4, -0.2) is 20.2 Å². The Morgan fingerprint density at radius 2 is 2.17 bits per heavy atom. The summed E-state index contributed by atoms with van der Waals surface area (Å²) >= 11 is 0. The molecule has 1 rings (SSSR count). The molecule has 0 saturated carbocycles. The molecule has 0 fully saturated rings. The molecule has 0 spiro atoms. The van der Waals surface area contributed by atoms with Crippen molar-refractivity contribution in [3.63, 3.8) is 0 Å². The zero-order valence-electron chi connectivity index (χ0n) is 7.01. The lowest BCUT2D eigenvalue weighted by Gasteiger charge is -2.05. The Labute approximate surface area is 71.4 Å². The number of rotatable bonds is 4. The summed E-state index contributed by atoms with van der Waals surface area (Å²) in [6.45, 7) is 1.20. The number of para-hydroxylation sites is 1. The summed E-state index contributed by atoms with van der Waals surface area (Å²) in [6, 6.07) is 6.39. The van der Waals surface area contributed by atoms with Crippen LogP contribution >= 0.6 is 0 Å². The van der Waals surface area contributed by atoms with Crippen LogP contribution in [0.15, 0.2) is 24.3 Å². The number of ether oxygens (including phenoxy) is 1. The van der Waals surface area contributed by atoms with E-state index in [1.807, 2.05) is 7.05 Å². The number of halogens is 1. The number of hydrogen-bond acceptors (Lipinski definition) is 2. The summed E-state index contributed by atoms with van der Waals surface area (Å²) in [6.07, 6.45) is 0. The number of nitrogens with one attached hydrogen (secondary N) is 1. The molecule has 0 bridgehead atoms. The summed E-state index contributed by atoms with van der Waals surface area (Å²) in [4.78, 5) is 0. The van der Waals surface area contributed by atoms with Crippen LogP contribution in [-0.2, 0) is 0 Å². The van der Waals surface area contributed by atoms with Gasteiger partial charge < -0.3 is 10.1 Å². The van der Waals surface area contributed by atoms with Gasteiger partial charge in [0, 0.05) is 6.54 Å². The van der Waals surface area contributed by atoms with Gasteiger partial charge in [-0.05, 0) is 19.2 Å². The highest BCUT2D eigenvalue weighted by Crippen LogP contribution is 2.14. The third-order valence-corrected chi connectivity index (χ3v) is 1.45. The van der Waals surface area contributed by atoms with Crippen molar-refractivity contribution in [3.8, 4) is 5.75 Å². The fourth-order valence-electron chi connectivity index (χ4n) is 0.825. The standard InChI is InChI=1S/C9H12FNO/c1-11-6-7-12-9-5-3-2-4-8(9)10/h2-5,11H,6-7H2,1H3. The Kier molecular flexibility index (Phi) is 3.54. The van der Waals surface area contributed by atoms with Crippen molar-refractivity contribution in [1.29, 1.82) is 0 Å². The van der Waals surface area contributed by atoms with Gasteiger partial charge in [-0.15, -0.1) is 0 Å². The molecular weight excluding hydrogens is 157 g/mol. The Hall–Kier alpha value is -1.09. The molecule has 0 aliphatic heterocycles. The summed E-state index contributed by atoms with van der Waals surface area (Å²) in [5, 5.41) is 2.91. The lowest BCUT2D eigenvalue weighted by Crippen LogP contribution is -2.16. The SMILES string of the molecule is CNCCOc1ccccc1F. The van der Waals surface area contributed by atoms with Gasteiger partial charge >= 0.3 is 0 Å². The van der Waals surface area contributed by atoms with Gasteiger partial charge in [0.25, 0.3) is 0 Å². The van der Waals surface area contributed by atoms with E-state index in [4.69, 9.17) is 4.74 Å². The van der Waals surface area contributed by atoms with Crippen LogP contribution in [0.3, 0.4) is 0 Å². The Morgan fingerprint density at radius 1 is 1.42 bits per heavy atom. The van der Waals surface area contributed by atoms with Crippen LogP contribution in [0.4, 0.5) is 4.39 Å². The van der Waals surface area contributed by atoms with Gasteiger partial charge in [0.2, 0.25) is 0 Å². The third kappa shape index (κ3) is 2.51. The summed E-state index contributed by atoms with van der Waals surface area (Å²) in [7, 11) is 1.82. The van der Waals surface area contributed by atoms with Crippen LogP contribution in [0.25, 0.3) is 0 Å². The highest BCUT2D eigenvalue weighted by atomic mass is 19.1. The van der Waals surface area contributed by atoms with E-state index in [1.165, 1.54) is 6.07 Å². The van der Waals surface area contributed by atoms with Crippen molar-refractivity contribution < 1.29 is 9.13 Å². The topological polar surface area (TPSA) is 21.3 Å². The van der Waals surface area contributed by atoms with E-state index in [9.17, 15) is 4.39 Å². The summed E-state index contributed by atoms with van der Waals surface area (Å²) in [5.41, 5.74) is 0. The van der Waals surface area contributed by atoms with Gasteiger partial charge in [0.1, 0.15) is 6.61 Å². The molecule has 0 aliphatic rings. The molecule has 0 radical (unpaired) electrons. The maximum atomic E-state index is 12.9. The monoisotopic (exact) mass is 169 g/mol. The molecular formula is C9H12FNO. The number of hydrogen-bond donors (Lipinski definition) is 1. The molecule has 1 N–H and O–H groups in total. The van der Waals surface area contributed by atoms with Crippen molar-refractivity contribution >= 4 is 0 Å². The van der Waals surface area contributed by atoms with E-state index < -0.39 is 0 Å². The number of benzene rings is 1. The first kappa shape index (κ1) is 9.00. The predicted octanol–water partition coefficient (Wildman–Crippen LogP) is 1.42. The second-order valence-electron chi connectivity index (χ2n) is 2.38. The minimum absolute atomic E-state index is 0.311. The van der Waals surface area contributed by atoms with Crippen LogP contribution in [0.5, 0.6) is 5.75 Å². The zero-order valence-corrected chi connectivity index (χ0v) is 7.01. The molecule has 1 aromatic rings. The van der Waals surface area contributed by atoms with Crippen LogP contribution in [0, 0.1) is 5.82 Å². The Bertz CT molecular complexity index is 240. The smallest absolute Gasteiger partial charge is 0.165 e. The maximum Gasteiger partial charge on any atom is 0.165 e. The minimum Gasteiger partial charge on any atom is -0.489 e. The van der Waals surface area contributed by atoms with Crippen LogP contribution < -0.4 is 10.1 Å². The Balaban J connectivity index is 2.46. The average molecular weight is 169 g/mol. The van der Waals surface area contributed by atoms with Crippen molar-refractivity contribution in [1.82, 2.24) is 5.32 Å². The molecule has 0 unspecified atom stereocenters. The summed E-state index contributed by atoms with van der Waals surface area (Å²) in [5.74, 6) is 0.00125. The van der Waals surface area contributed by atoms with Gasteiger partial charge in [0.15, 0.2) is 11.6 Å². The van der Waals surface area contributed by atoms with Gasteiger partial charge in [0.05, 0.1) is 0 Å². The lowest BCUT2D eigenvalue weighted by molar-refractivity contribution is 0.302. The molecule has 2 nitrogen and oxygen atoms in total. The highest BCUT2D eigenvalue weighted by molar-refractivity contribution is 5.23. The van der Waals surface area contributed by atoms with Gasteiger partial charge in [-0.2, -0.15) is 0 Å². The second-order valence-corrected chi connectivity index (χ2v) is 2.38. The molecule has 12 heavy (non-hydrogen) atoms. The van der Waals surface area contributed by atoms with E-state index in [0.29, 0.717) is 18.9 Å². The van der Waals surface area contributed by atoms with E-state index in [1.54, 1.807) is 18.2 Å².